The van der Waals surface area contributed by atoms with Gasteiger partial charge in [-0.15, -0.1) is 0 Å². The highest BCUT2D eigenvalue weighted by Gasteiger charge is 2.08. The molecule has 0 radical (unpaired) electrons. The fraction of sp³-hybridized carbons (Fsp3) is 0.462. The molecule has 0 aliphatic carbocycles. The molecule has 0 aliphatic rings. The van der Waals surface area contributed by atoms with Crippen molar-refractivity contribution < 1.29 is 9.18 Å². The van der Waals surface area contributed by atoms with Gasteiger partial charge in [0.25, 0.3) is 0 Å². The van der Waals surface area contributed by atoms with Gasteiger partial charge in [-0.2, -0.15) is 0 Å². The van der Waals surface area contributed by atoms with Gasteiger partial charge < -0.3 is 10.2 Å². The largest absolute Gasteiger partial charge is 0.385 e. The fourth-order valence-electron chi connectivity index (χ4n) is 1.62. The van der Waals surface area contributed by atoms with Crippen molar-refractivity contribution in [2.45, 2.75) is 20.3 Å². The fourth-order valence-corrected chi connectivity index (χ4v) is 1.62. The summed E-state index contributed by atoms with van der Waals surface area (Å²) in [6.45, 7) is 5.99. The number of anilines is 1. The van der Waals surface area contributed by atoms with Gasteiger partial charge in [0.2, 0.25) is 5.91 Å². The van der Waals surface area contributed by atoms with Crippen LogP contribution in [-0.4, -0.2) is 30.4 Å². The number of nitrogens with one attached hydrogen (secondary N) is 1. The third-order valence-electron chi connectivity index (χ3n) is 2.63. The highest BCUT2D eigenvalue weighted by molar-refractivity contribution is 5.76. The van der Waals surface area contributed by atoms with Gasteiger partial charge in [-0.3, -0.25) is 4.79 Å². The van der Waals surface area contributed by atoms with Crippen LogP contribution in [0.1, 0.15) is 20.3 Å². The van der Waals surface area contributed by atoms with Crippen LogP contribution in [0.25, 0.3) is 0 Å². The van der Waals surface area contributed by atoms with Gasteiger partial charge in [-0.05, 0) is 38.1 Å². The second kappa shape index (κ2) is 6.89. The minimum absolute atomic E-state index is 0.143. The van der Waals surface area contributed by atoms with Crippen LogP contribution in [0.4, 0.5) is 10.1 Å². The SMILES string of the molecule is CCN(CC)C(=O)CCNc1ccc(F)cc1. The number of hydrogen-bond acceptors (Lipinski definition) is 2. The number of carbonyl (C=O) groups excluding carboxylic acids is 1. The van der Waals surface area contributed by atoms with Crippen molar-refractivity contribution in [3.8, 4) is 0 Å². The Morgan fingerprint density at radius 2 is 1.82 bits per heavy atom. The van der Waals surface area contributed by atoms with Gasteiger partial charge in [0.1, 0.15) is 5.82 Å². The van der Waals surface area contributed by atoms with Gasteiger partial charge in [0, 0.05) is 31.7 Å². The van der Waals surface area contributed by atoms with Crippen molar-refractivity contribution in [1.82, 2.24) is 4.90 Å². The minimum atomic E-state index is -0.255. The van der Waals surface area contributed by atoms with E-state index in [0.717, 1.165) is 18.8 Å². The number of halogens is 1. The van der Waals surface area contributed by atoms with E-state index in [9.17, 15) is 9.18 Å². The Kier molecular flexibility index (Phi) is 5.46. The van der Waals surface area contributed by atoms with Crippen molar-refractivity contribution in [2.24, 2.45) is 0 Å². The van der Waals surface area contributed by atoms with E-state index in [1.807, 2.05) is 13.8 Å². The normalized spacial score (nSPS) is 10.1. The average Bonchev–Trinajstić information content (AvgIpc) is 2.33. The van der Waals surface area contributed by atoms with Gasteiger partial charge >= 0.3 is 0 Å². The summed E-state index contributed by atoms with van der Waals surface area (Å²) in [5.41, 5.74) is 0.832. The Balaban J connectivity index is 2.32. The molecule has 1 aromatic rings. The lowest BCUT2D eigenvalue weighted by atomic mass is 10.3. The summed E-state index contributed by atoms with van der Waals surface area (Å²) in [4.78, 5) is 13.5. The Hall–Kier alpha value is -1.58. The zero-order valence-electron chi connectivity index (χ0n) is 10.4. The molecule has 0 aromatic heterocycles. The highest BCUT2D eigenvalue weighted by atomic mass is 19.1. The molecule has 94 valence electrons. The summed E-state index contributed by atoms with van der Waals surface area (Å²) in [5.74, 6) is -0.112. The van der Waals surface area contributed by atoms with Crippen molar-refractivity contribution >= 4 is 11.6 Å². The summed E-state index contributed by atoms with van der Waals surface area (Å²) in [6.07, 6.45) is 0.457. The molecule has 0 bridgehead atoms. The third kappa shape index (κ3) is 4.43. The maximum absolute atomic E-state index is 12.6. The first-order valence-corrected chi connectivity index (χ1v) is 5.94. The molecule has 0 atom stereocenters. The molecular weight excluding hydrogens is 219 g/mol. The van der Waals surface area contributed by atoms with E-state index in [4.69, 9.17) is 0 Å². The summed E-state index contributed by atoms with van der Waals surface area (Å²) in [5, 5.41) is 3.09. The summed E-state index contributed by atoms with van der Waals surface area (Å²) >= 11 is 0. The second-order valence-electron chi connectivity index (χ2n) is 3.75. The van der Waals surface area contributed by atoms with Crippen LogP contribution >= 0.6 is 0 Å². The van der Waals surface area contributed by atoms with Gasteiger partial charge in [-0.1, -0.05) is 0 Å². The maximum Gasteiger partial charge on any atom is 0.224 e. The quantitative estimate of drug-likeness (QED) is 0.825. The van der Waals surface area contributed by atoms with Crippen LogP contribution in [-0.2, 0) is 4.79 Å². The van der Waals surface area contributed by atoms with E-state index in [1.54, 1.807) is 17.0 Å². The maximum atomic E-state index is 12.6. The zero-order chi connectivity index (χ0) is 12.7. The van der Waals surface area contributed by atoms with Crippen LogP contribution in [0.3, 0.4) is 0 Å². The lowest BCUT2D eigenvalue weighted by molar-refractivity contribution is -0.130. The van der Waals surface area contributed by atoms with Gasteiger partial charge in [0.05, 0.1) is 0 Å². The zero-order valence-corrected chi connectivity index (χ0v) is 10.4. The first-order chi connectivity index (χ1) is 8.17. The second-order valence-corrected chi connectivity index (χ2v) is 3.75. The van der Waals surface area contributed by atoms with E-state index in [2.05, 4.69) is 5.32 Å². The number of hydrogen-bond donors (Lipinski definition) is 1. The molecule has 1 rings (SSSR count). The van der Waals surface area contributed by atoms with E-state index in [0.29, 0.717) is 13.0 Å². The average molecular weight is 238 g/mol. The predicted molar refractivity (Wildman–Crippen MR) is 67.4 cm³/mol. The van der Waals surface area contributed by atoms with Crippen molar-refractivity contribution in [3.63, 3.8) is 0 Å². The molecule has 0 unspecified atom stereocenters. The molecule has 17 heavy (non-hydrogen) atoms. The van der Waals surface area contributed by atoms with E-state index in [-0.39, 0.29) is 11.7 Å². The number of rotatable bonds is 6. The van der Waals surface area contributed by atoms with Crippen LogP contribution in [0.2, 0.25) is 0 Å². The Morgan fingerprint density at radius 1 is 1.24 bits per heavy atom. The number of nitrogens with zero attached hydrogens (tertiary/aromatic N) is 1. The molecule has 1 amide bonds. The molecule has 1 N–H and O–H groups in total. The number of benzene rings is 1. The first-order valence-electron chi connectivity index (χ1n) is 5.94. The lowest BCUT2D eigenvalue weighted by Gasteiger charge is -2.18. The van der Waals surface area contributed by atoms with Gasteiger partial charge in [0.15, 0.2) is 0 Å². The minimum Gasteiger partial charge on any atom is -0.385 e. The summed E-state index contributed by atoms with van der Waals surface area (Å²) in [7, 11) is 0. The van der Waals surface area contributed by atoms with Crippen LogP contribution in [0.5, 0.6) is 0 Å². The topological polar surface area (TPSA) is 32.3 Å². The highest BCUT2D eigenvalue weighted by Crippen LogP contribution is 2.08. The molecule has 1 aromatic carbocycles. The Morgan fingerprint density at radius 3 is 2.35 bits per heavy atom. The molecule has 0 heterocycles. The van der Waals surface area contributed by atoms with Crippen molar-refractivity contribution in [1.29, 1.82) is 0 Å². The van der Waals surface area contributed by atoms with E-state index in [1.165, 1.54) is 12.1 Å². The van der Waals surface area contributed by atoms with Crippen LogP contribution < -0.4 is 5.32 Å². The monoisotopic (exact) mass is 238 g/mol. The summed E-state index contributed by atoms with van der Waals surface area (Å²) in [6, 6.07) is 6.12. The first kappa shape index (κ1) is 13.5. The molecule has 0 fully saturated rings. The molecule has 0 spiro atoms. The number of amides is 1. The smallest absolute Gasteiger partial charge is 0.224 e. The van der Waals surface area contributed by atoms with Crippen molar-refractivity contribution in [2.75, 3.05) is 25.0 Å². The van der Waals surface area contributed by atoms with Gasteiger partial charge in [-0.25, -0.2) is 4.39 Å². The Bertz CT molecular complexity index is 347. The van der Waals surface area contributed by atoms with Crippen LogP contribution in [0.15, 0.2) is 24.3 Å². The molecule has 0 saturated carbocycles. The molecular formula is C13H19FN2O. The number of carbonyl (C=O) groups is 1. The van der Waals surface area contributed by atoms with Crippen molar-refractivity contribution in [3.05, 3.63) is 30.1 Å². The predicted octanol–water partition coefficient (Wildman–Crippen LogP) is 2.50. The molecule has 0 aliphatic heterocycles. The molecule has 0 saturated heterocycles. The molecule has 3 nitrogen and oxygen atoms in total. The van der Waals surface area contributed by atoms with E-state index >= 15 is 0 Å². The standard InChI is InChI=1S/C13H19FN2O/c1-3-16(4-2)13(17)9-10-15-12-7-5-11(14)6-8-12/h5-8,15H,3-4,9-10H2,1-2H3. The van der Waals surface area contributed by atoms with E-state index < -0.39 is 0 Å². The Labute approximate surface area is 102 Å². The molecule has 4 heteroatoms. The lowest BCUT2D eigenvalue weighted by Crippen LogP contribution is -2.31. The third-order valence-corrected chi connectivity index (χ3v) is 2.63. The summed E-state index contributed by atoms with van der Waals surface area (Å²) < 4.78 is 12.6. The van der Waals surface area contributed by atoms with Crippen LogP contribution in [0, 0.1) is 5.82 Å².